The van der Waals surface area contributed by atoms with Gasteiger partial charge in [-0.05, 0) is 51.5 Å². The number of nitrogens with one attached hydrogen (secondary N) is 2. The summed E-state index contributed by atoms with van der Waals surface area (Å²) in [7, 11) is 0. The summed E-state index contributed by atoms with van der Waals surface area (Å²) < 4.78 is 0. The maximum absolute atomic E-state index is 12.2. The van der Waals surface area contributed by atoms with Crippen LogP contribution in [-0.2, 0) is 0 Å². The third-order valence-corrected chi connectivity index (χ3v) is 2.91. The fraction of sp³-hybridized carbons (Fsp3) is 0.294. The molecule has 0 aliphatic rings. The molecule has 0 unspecified atom stereocenters. The van der Waals surface area contributed by atoms with Gasteiger partial charge < -0.3 is 10.6 Å². The van der Waals surface area contributed by atoms with Gasteiger partial charge in [0.05, 0.1) is 11.9 Å². The van der Waals surface area contributed by atoms with Gasteiger partial charge in [0, 0.05) is 11.1 Å². The molecule has 1 heterocycles. The average Bonchev–Trinajstić information content (AvgIpc) is 2.40. The SMILES string of the molecule is Cc1ccccc1C(=O)Nc1ccc(NC(C)(C)C)nc1. The largest absolute Gasteiger partial charge is 0.365 e. The summed E-state index contributed by atoms with van der Waals surface area (Å²) >= 11 is 0. The number of aryl methyl sites for hydroxylation is 1. The van der Waals surface area contributed by atoms with Crippen LogP contribution in [0.3, 0.4) is 0 Å². The highest BCUT2D eigenvalue weighted by atomic mass is 16.1. The van der Waals surface area contributed by atoms with Crippen LogP contribution in [0.4, 0.5) is 11.5 Å². The van der Waals surface area contributed by atoms with Gasteiger partial charge in [-0.3, -0.25) is 4.79 Å². The van der Waals surface area contributed by atoms with Crippen LogP contribution in [0.5, 0.6) is 0 Å². The average molecular weight is 283 g/mol. The van der Waals surface area contributed by atoms with Gasteiger partial charge in [0.1, 0.15) is 5.82 Å². The summed E-state index contributed by atoms with van der Waals surface area (Å²) in [6.07, 6.45) is 1.66. The maximum atomic E-state index is 12.2. The van der Waals surface area contributed by atoms with Crippen LogP contribution >= 0.6 is 0 Å². The molecule has 2 aromatic rings. The Balaban J connectivity index is 2.07. The lowest BCUT2D eigenvalue weighted by atomic mass is 10.1. The molecule has 21 heavy (non-hydrogen) atoms. The van der Waals surface area contributed by atoms with Crippen molar-refractivity contribution in [2.24, 2.45) is 0 Å². The van der Waals surface area contributed by atoms with E-state index in [0.717, 1.165) is 11.4 Å². The number of hydrogen-bond acceptors (Lipinski definition) is 3. The van der Waals surface area contributed by atoms with Crippen molar-refractivity contribution in [3.05, 3.63) is 53.7 Å². The van der Waals surface area contributed by atoms with Gasteiger partial charge in [-0.2, -0.15) is 0 Å². The fourth-order valence-electron chi connectivity index (χ4n) is 1.95. The first-order valence-corrected chi connectivity index (χ1v) is 6.96. The van der Waals surface area contributed by atoms with Crippen LogP contribution in [-0.4, -0.2) is 16.4 Å². The lowest BCUT2D eigenvalue weighted by Crippen LogP contribution is -2.26. The third-order valence-electron chi connectivity index (χ3n) is 2.91. The number of carbonyl (C=O) groups is 1. The van der Waals surface area contributed by atoms with Crippen LogP contribution in [0.1, 0.15) is 36.7 Å². The summed E-state index contributed by atoms with van der Waals surface area (Å²) in [5.41, 5.74) is 2.27. The molecule has 4 nitrogen and oxygen atoms in total. The Hall–Kier alpha value is -2.36. The molecule has 0 saturated heterocycles. The van der Waals surface area contributed by atoms with E-state index in [4.69, 9.17) is 0 Å². The Bertz CT molecular complexity index is 627. The second kappa shape index (κ2) is 5.95. The number of benzene rings is 1. The quantitative estimate of drug-likeness (QED) is 0.899. The van der Waals surface area contributed by atoms with Gasteiger partial charge in [-0.1, -0.05) is 18.2 Å². The Morgan fingerprint density at radius 2 is 1.81 bits per heavy atom. The van der Waals surface area contributed by atoms with Crippen molar-refractivity contribution < 1.29 is 4.79 Å². The molecule has 0 bridgehead atoms. The van der Waals surface area contributed by atoms with Crippen molar-refractivity contribution in [1.29, 1.82) is 0 Å². The maximum Gasteiger partial charge on any atom is 0.255 e. The minimum atomic E-state index is -0.119. The summed E-state index contributed by atoms with van der Waals surface area (Å²) in [6, 6.07) is 11.2. The normalized spacial score (nSPS) is 11.0. The monoisotopic (exact) mass is 283 g/mol. The highest BCUT2D eigenvalue weighted by Gasteiger charge is 2.11. The molecular weight excluding hydrogens is 262 g/mol. The van der Waals surface area contributed by atoms with Gasteiger partial charge in [-0.25, -0.2) is 4.98 Å². The molecule has 2 rings (SSSR count). The molecule has 0 fully saturated rings. The van der Waals surface area contributed by atoms with E-state index in [2.05, 4.69) is 36.4 Å². The highest BCUT2D eigenvalue weighted by molar-refractivity contribution is 6.05. The predicted molar refractivity (Wildman–Crippen MR) is 86.7 cm³/mol. The van der Waals surface area contributed by atoms with Gasteiger partial charge in [0.25, 0.3) is 5.91 Å². The van der Waals surface area contributed by atoms with Gasteiger partial charge in [-0.15, -0.1) is 0 Å². The Kier molecular flexibility index (Phi) is 4.26. The molecule has 0 spiro atoms. The Morgan fingerprint density at radius 3 is 2.38 bits per heavy atom. The summed E-state index contributed by atoms with van der Waals surface area (Å²) in [4.78, 5) is 16.5. The van der Waals surface area contributed by atoms with Gasteiger partial charge in [0.15, 0.2) is 0 Å². The zero-order chi connectivity index (χ0) is 15.5. The minimum Gasteiger partial charge on any atom is -0.365 e. The highest BCUT2D eigenvalue weighted by Crippen LogP contribution is 2.16. The lowest BCUT2D eigenvalue weighted by molar-refractivity contribution is 0.102. The van der Waals surface area contributed by atoms with E-state index >= 15 is 0 Å². The second-order valence-corrected chi connectivity index (χ2v) is 6.08. The summed E-state index contributed by atoms with van der Waals surface area (Å²) in [5, 5.41) is 6.14. The van der Waals surface area contributed by atoms with E-state index < -0.39 is 0 Å². The number of carbonyl (C=O) groups excluding carboxylic acids is 1. The molecule has 1 amide bonds. The molecule has 1 aromatic heterocycles. The minimum absolute atomic E-state index is 0.0427. The lowest BCUT2D eigenvalue weighted by Gasteiger charge is -2.21. The molecule has 0 aliphatic heterocycles. The van der Waals surface area contributed by atoms with Crippen LogP contribution in [0.2, 0.25) is 0 Å². The van der Waals surface area contributed by atoms with Crippen molar-refractivity contribution in [2.45, 2.75) is 33.2 Å². The first kappa shape index (κ1) is 15.0. The van der Waals surface area contributed by atoms with E-state index in [-0.39, 0.29) is 11.4 Å². The van der Waals surface area contributed by atoms with E-state index in [1.807, 2.05) is 43.3 Å². The molecule has 110 valence electrons. The number of rotatable bonds is 3. The van der Waals surface area contributed by atoms with Crippen LogP contribution < -0.4 is 10.6 Å². The van der Waals surface area contributed by atoms with E-state index in [9.17, 15) is 4.79 Å². The van der Waals surface area contributed by atoms with Crippen molar-refractivity contribution in [3.63, 3.8) is 0 Å². The molecule has 0 radical (unpaired) electrons. The first-order valence-electron chi connectivity index (χ1n) is 6.96. The zero-order valence-corrected chi connectivity index (χ0v) is 12.9. The van der Waals surface area contributed by atoms with E-state index in [1.54, 1.807) is 6.20 Å². The smallest absolute Gasteiger partial charge is 0.255 e. The van der Waals surface area contributed by atoms with Crippen molar-refractivity contribution in [1.82, 2.24) is 4.98 Å². The number of pyridine rings is 1. The van der Waals surface area contributed by atoms with Crippen molar-refractivity contribution in [2.75, 3.05) is 10.6 Å². The Labute approximate surface area is 125 Å². The van der Waals surface area contributed by atoms with E-state index in [0.29, 0.717) is 11.3 Å². The topological polar surface area (TPSA) is 54.0 Å². The molecule has 0 aliphatic carbocycles. The number of anilines is 2. The number of amides is 1. The second-order valence-electron chi connectivity index (χ2n) is 6.08. The number of nitrogens with zero attached hydrogens (tertiary/aromatic N) is 1. The molecule has 1 aromatic carbocycles. The van der Waals surface area contributed by atoms with E-state index in [1.165, 1.54) is 0 Å². The van der Waals surface area contributed by atoms with Crippen LogP contribution in [0.25, 0.3) is 0 Å². The first-order chi connectivity index (χ1) is 9.85. The standard InChI is InChI=1S/C17H21N3O/c1-12-7-5-6-8-14(12)16(21)19-13-9-10-15(18-11-13)20-17(2,3)4/h5-11H,1-4H3,(H,18,20)(H,19,21). The molecular formula is C17H21N3O. The predicted octanol–water partition coefficient (Wildman–Crippen LogP) is 3.85. The molecule has 4 heteroatoms. The number of aromatic nitrogens is 1. The van der Waals surface area contributed by atoms with Crippen molar-refractivity contribution in [3.8, 4) is 0 Å². The van der Waals surface area contributed by atoms with Crippen molar-refractivity contribution >= 4 is 17.4 Å². The van der Waals surface area contributed by atoms with Crippen LogP contribution in [0, 0.1) is 6.92 Å². The Morgan fingerprint density at radius 1 is 1.10 bits per heavy atom. The zero-order valence-electron chi connectivity index (χ0n) is 12.9. The van der Waals surface area contributed by atoms with Gasteiger partial charge in [0.2, 0.25) is 0 Å². The van der Waals surface area contributed by atoms with Gasteiger partial charge >= 0.3 is 0 Å². The summed E-state index contributed by atoms with van der Waals surface area (Å²) in [6.45, 7) is 8.14. The summed E-state index contributed by atoms with van der Waals surface area (Å²) in [5.74, 6) is 0.669. The number of hydrogen-bond donors (Lipinski definition) is 2. The molecule has 0 saturated carbocycles. The third kappa shape index (κ3) is 4.31. The fourth-order valence-corrected chi connectivity index (χ4v) is 1.95. The van der Waals surface area contributed by atoms with Crippen LogP contribution in [0.15, 0.2) is 42.6 Å². The molecule has 2 N–H and O–H groups in total. The molecule has 0 atom stereocenters.